The number of likely N-dealkylation sites (N-methyl/N-ethyl adjacent to an activating group) is 1. The lowest BCUT2D eigenvalue weighted by atomic mass is 9.90. The van der Waals surface area contributed by atoms with E-state index in [1.165, 1.54) is 11.8 Å². The Bertz CT molecular complexity index is 1830. The number of halogens is 2. The number of carbonyl (C=O) groups is 5. The molecule has 1 fully saturated rings. The van der Waals surface area contributed by atoms with Crippen LogP contribution in [-0.2, 0) is 19.1 Å². The molecule has 0 aromatic heterocycles. The summed E-state index contributed by atoms with van der Waals surface area (Å²) in [5.74, 6) is -1.28. The van der Waals surface area contributed by atoms with Crippen LogP contribution in [-0.4, -0.2) is 85.5 Å². The van der Waals surface area contributed by atoms with Gasteiger partial charge in [0, 0.05) is 83.1 Å². The molecule has 10 nitrogen and oxygen atoms in total. The van der Waals surface area contributed by atoms with Crippen molar-refractivity contribution >= 4 is 84.3 Å². The summed E-state index contributed by atoms with van der Waals surface area (Å²) < 4.78 is 6.29. The fraction of sp³-hybridized carbons (Fsp3) is 0.342. The van der Waals surface area contributed by atoms with Crippen LogP contribution in [0.3, 0.4) is 0 Å². The van der Waals surface area contributed by atoms with E-state index in [1.54, 1.807) is 24.3 Å². The van der Waals surface area contributed by atoms with Crippen molar-refractivity contribution in [2.24, 2.45) is 0 Å². The lowest BCUT2D eigenvalue weighted by Gasteiger charge is -2.32. The van der Waals surface area contributed by atoms with Gasteiger partial charge in [-0.25, -0.2) is 0 Å². The summed E-state index contributed by atoms with van der Waals surface area (Å²) in [6, 6.07) is 19.9. The van der Waals surface area contributed by atoms with Crippen molar-refractivity contribution in [2.45, 2.75) is 48.3 Å². The molecule has 3 aromatic carbocycles. The van der Waals surface area contributed by atoms with E-state index >= 15 is 0 Å². The molecule has 51 heavy (non-hydrogen) atoms. The summed E-state index contributed by atoms with van der Waals surface area (Å²) in [6.07, 6.45) is 2.60. The van der Waals surface area contributed by atoms with Gasteiger partial charge < -0.3 is 25.2 Å². The van der Waals surface area contributed by atoms with Gasteiger partial charge in [-0.15, -0.1) is 0 Å². The van der Waals surface area contributed by atoms with Crippen LogP contribution in [0, 0.1) is 0 Å². The summed E-state index contributed by atoms with van der Waals surface area (Å²) in [5, 5.41) is 6.03. The minimum Gasteiger partial charge on any atom is -0.461 e. The highest BCUT2D eigenvalue weighted by atomic mass is 79.9. The van der Waals surface area contributed by atoms with Crippen molar-refractivity contribution in [2.75, 3.05) is 57.0 Å². The van der Waals surface area contributed by atoms with Gasteiger partial charge in [0.25, 0.3) is 0 Å². The Kier molecular flexibility index (Phi) is 14.2. The van der Waals surface area contributed by atoms with E-state index in [1.807, 2.05) is 42.5 Å². The van der Waals surface area contributed by atoms with Crippen LogP contribution in [0.1, 0.15) is 59.2 Å². The molecule has 0 saturated carbocycles. The minimum absolute atomic E-state index is 0.0298. The third-order valence-electron chi connectivity index (χ3n) is 8.63. The first-order chi connectivity index (χ1) is 24.6. The fourth-order valence-electron chi connectivity index (χ4n) is 5.70. The number of esters is 1. The normalized spacial score (nSPS) is 15.0. The van der Waals surface area contributed by atoms with Crippen molar-refractivity contribution in [1.82, 2.24) is 9.80 Å². The van der Waals surface area contributed by atoms with Crippen LogP contribution in [0.25, 0.3) is 0 Å². The maximum Gasteiger partial charge on any atom is 0.306 e. The number of Topliss-reactive ketones (excluding diaryl/α,β-unsaturated/α-hetero) is 2. The number of benzene rings is 3. The van der Waals surface area contributed by atoms with E-state index in [2.05, 4.69) is 59.3 Å². The van der Waals surface area contributed by atoms with Gasteiger partial charge in [0.1, 0.15) is 6.61 Å². The number of unbranched alkanes of at least 4 members (excludes halogenated alkanes) is 2. The molecule has 5 rings (SSSR count). The van der Waals surface area contributed by atoms with Crippen molar-refractivity contribution in [3.05, 3.63) is 92.4 Å². The number of carbonyl (C=O) groups excluding carboxylic acids is 5. The molecule has 2 aliphatic rings. The highest BCUT2D eigenvalue weighted by Crippen LogP contribution is 2.36. The third kappa shape index (κ3) is 11.2. The molecule has 2 amide bonds. The van der Waals surface area contributed by atoms with Crippen LogP contribution >= 0.6 is 43.6 Å². The summed E-state index contributed by atoms with van der Waals surface area (Å²) in [4.78, 5) is 69.7. The Morgan fingerprint density at radius 3 is 2.25 bits per heavy atom. The molecule has 1 aliphatic heterocycles. The molecule has 3 aromatic rings. The van der Waals surface area contributed by atoms with Gasteiger partial charge in [0.15, 0.2) is 5.78 Å². The van der Waals surface area contributed by atoms with Crippen molar-refractivity contribution < 1.29 is 28.7 Å². The van der Waals surface area contributed by atoms with Crippen LogP contribution in [0.5, 0.6) is 0 Å². The number of nitrogens with zero attached hydrogens (tertiary/aromatic N) is 2. The van der Waals surface area contributed by atoms with Crippen molar-refractivity contribution in [1.29, 1.82) is 0 Å². The smallest absolute Gasteiger partial charge is 0.306 e. The molecular weight excluding hydrogens is 800 g/mol. The standard InChI is InChI=1S/C38H40Br2N4O6S/c1-43-18-20-44(21-19-43)17-16-34(46)42-31-22-25(39)14-15-32(31)51-27-9-7-8-26(23-27)41-33(45)12-3-2-4-13-35(47)50-24-30-36(40)38(49)29-11-6-5-10-28(29)37(30)48/h5-11,14-15,22-23H,2-4,12-13,16-21,24H2,1H3,(H,41,45)(H,42,46). The molecule has 0 unspecified atom stereocenters. The monoisotopic (exact) mass is 838 g/mol. The molecule has 2 N–H and O–H groups in total. The highest BCUT2D eigenvalue weighted by Gasteiger charge is 2.31. The molecule has 0 atom stereocenters. The van der Waals surface area contributed by atoms with Crippen LogP contribution in [0.2, 0.25) is 0 Å². The number of anilines is 2. The van der Waals surface area contributed by atoms with Gasteiger partial charge in [0.05, 0.1) is 15.7 Å². The number of amides is 2. The van der Waals surface area contributed by atoms with E-state index < -0.39 is 5.97 Å². The summed E-state index contributed by atoms with van der Waals surface area (Å²) in [6.45, 7) is 4.40. The number of ether oxygens (including phenoxy) is 1. The van der Waals surface area contributed by atoms with E-state index in [0.29, 0.717) is 48.9 Å². The summed E-state index contributed by atoms with van der Waals surface area (Å²) in [7, 11) is 2.11. The first kappa shape index (κ1) is 38.6. The van der Waals surface area contributed by atoms with Gasteiger partial charge in [-0.2, -0.15) is 0 Å². The lowest BCUT2D eigenvalue weighted by Crippen LogP contribution is -2.45. The van der Waals surface area contributed by atoms with Gasteiger partial charge in [-0.3, -0.25) is 24.0 Å². The predicted molar refractivity (Wildman–Crippen MR) is 206 cm³/mol. The largest absolute Gasteiger partial charge is 0.461 e. The van der Waals surface area contributed by atoms with Gasteiger partial charge in [-0.1, -0.05) is 64.4 Å². The third-order valence-corrected chi connectivity index (χ3v) is 11.0. The van der Waals surface area contributed by atoms with Gasteiger partial charge in [0.2, 0.25) is 17.6 Å². The Morgan fingerprint density at radius 1 is 0.784 bits per heavy atom. The topological polar surface area (TPSA) is 125 Å². The SMILES string of the molecule is CN1CCN(CCC(=O)Nc2cc(Br)ccc2Sc2cccc(NC(=O)CCCCCC(=O)OCC3=C(Br)C(=O)c4ccccc4C3=O)c2)CC1. The second-order valence-corrected chi connectivity index (χ2v) is 15.3. The Morgan fingerprint density at radius 2 is 1.49 bits per heavy atom. The Hall–Kier alpha value is -3.62. The highest BCUT2D eigenvalue weighted by molar-refractivity contribution is 9.12. The van der Waals surface area contributed by atoms with E-state index in [0.717, 1.165) is 52.7 Å². The zero-order valence-corrected chi connectivity index (χ0v) is 32.3. The van der Waals surface area contributed by atoms with Crippen LogP contribution in [0.4, 0.5) is 11.4 Å². The number of nitrogens with one attached hydrogen (secondary N) is 2. The van der Waals surface area contributed by atoms with Crippen molar-refractivity contribution in [3.8, 4) is 0 Å². The van der Waals surface area contributed by atoms with Gasteiger partial charge in [-0.05, 0) is 72.2 Å². The van der Waals surface area contributed by atoms with E-state index in [9.17, 15) is 24.0 Å². The summed E-state index contributed by atoms with van der Waals surface area (Å²) >= 11 is 8.22. The molecule has 0 bridgehead atoms. The second kappa shape index (κ2) is 18.7. The average Bonchev–Trinajstić information content (AvgIpc) is 3.11. The zero-order valence-electron chi connectivity index (χ0n) is 28.3. The molecular formula is C38H40Br2N4O6S. The van der Waals surface area contributed by atoms with E-state index in [4.69, 9.17) is 4.74 Å². The minimum atomic E-state index is -0.472. The molecule has 0 radical (unpaired) electrons. The lowest BCUT2D eigenvalue weighted by molar-refractivity contribution is -0.142. The van der Waals surface area contributed by atoms with Crippen LogP contribution < -0.4 is 10.6 Å². The Labute approximate surface area is 319 Å². The maximum atomic E-state index is 12.9. The fourth-order valence-corrected chi connectivity index (χ4v) is 7.51. The van der Waals surface area contributed by atoms with Crippen molar-refractivity contribution in [3.63, 3.8) is 0 Å². The number of hydrogen-bond acceptors (Lipinski definition) is 9. The molecule has 1 heterocycles. The number of ketones is 2. The maximum absolute atomic E-state index is 12.9. The molecule has 1 aliphatic carbocycles. The molecule has 13 heteroatoms. The molecule has 1 saturated heterocycles. The quantitative estimate of drug-likeness (QED) is 0.120. The Balaban J connectivity index is 1.02. The molecule has 0 spiro atoms. The molecule has 268 valence electrons. The number of rotatable bonds is 15. The second-order valence-electron chi connectivity index (χ2n) is 12.5. The number of allylic oxidation sites excluding steroid dienone is 1. The predicted octanol–water partition coefficient (Wildman–Crippen LogP) is 7.34. The average molecular weight is 841 g/mol. The zero-order chi connectivity index (χ0) is 36.3. The first-order valence-electron chi connectivity index (χ1n) is 16.9. The summed E-state index contributed by atoms with van der Waals surface area (Å²) in [5.41, 5.74) is 2.14. The number of hydrogen-bond donors (Lipinski definition) is 2. The van der Waals surface area contributed by atoms with Crippen LogP contribution in [0.15, 0.2) is 91.0 Å². The first-order valence-corrected chi connectivity index (χ1v) is 19.3. The number of piperazine rings is 1. The van der Waals surface area contributed by atoms with E-state index in [-0.39, 0.29) is 46.5 Å². The number of fused-ring (bicyclic) bond motifs is 1. The van der Waals surface area contributed by atoms with Gasteiger partial charge >= 0.3 is 5.97 Å².